The van der Waals surface area contributed by atoms with Crippen LogP contribution in [0, 0.1) is 0 Å². The van der Waals surface area contributed by atoms with E-state index < -0.39 is 18.3 Å². The quantitative estimate of drug-likeness (QED) is 0.790. The minimum atomic E-state index is -0.649. The average molecular weight is 328 g/mol. The average Bonchev–Trinajstić information content (AvgIpc) is 2.80. The first-order valence-corrected chi connectivity index (χ1v) is 7.37. The van der Waals surface area contributed by atoms with Gasteiger partial charge in [0, 0.05) is 10.8 Å². The summed E-state index contributed by atoms with van der Waals surface area (Å²) < 4.78 is 12.1. The highest BCUT2D eigenvalue weighted by molar-refractivity contribution is 6.70. The van der Waals surface area contributed by atoms with Crippen LogP contribution in [0.2, 0.25) is 10.0 Å². The van der Waals surface area contributed by atoms with Crippen LogP contribution in [0.3, 0.4) is 0 Å². The van der Waals surface area contributed by atoms with Crippen molar-refractivity contribution in [3.05, 3.63) is 16.1 Å². The van der Waals surface area contributed by atoms with Gasteiger partial charge in [0.2, 0.25) is 0 Å². The van der Waals surface area contributed by atoms with E-state index in [0.29, 0.717) is 32.2 Å². The van der Waals surface area contributed by atoms with Gasteiger partial charge in [-0.25, -0.2) is 0 Å². The maximum Gasteiger partial charge on any atom is 0.497 e. The molecule has 1 saturated heterocycles. The number of fused-ring (bicyclic) bond motifs is 1. The molecule has 0 unspecified atom stereocenters. The number of nitrogens with two attached hydrogens (primary N) is 1. The van der Waals surface area contributed by atoms with E-state index in [1.807, 2.05) is 27.7 Å². The zero-order valence-electron chi connectivity index (χ0n) is 12.3. The lowest BCUT2D eigenvalue weighted by molar-refractivity contribution is 0.00578. The van der Waals surface area contributed by atoms with Crippen molar-refractivity contribution in [2.75, 3.05) is 5.73 Å². The second-order valence-corrected chi connectivity index (χ2v) is 6.99. The predicted molar refractivity (Wildman–Crippen MR) is 86.2 cm³/mol. The van der Waals surface area contributed by atoms with Crippen LogP contribution in [0.4, 0.5) is 5.82 Å². The largest absolute Gasteiger partial charge is 0.497 e. The van der Waals surface area contributed by atoms with Crippen LogP contribution in [-0.2, 0) is 9.31 Å². The lowest BCUT2D eigenvalue weighted by Crippen LogP contribution is -2.41. The number of nitrogens with one attached hydrogen (secondary N) is 1. The van der Waals surface area contributed by atoms with Gasteiger partial charge in [-0.15, -0.1) is 0 Å². The number of nitrogen functional groups attached to an aromatic ring is 1. The van der Waals surface area contributed by atoms with Gasteiger partial charge in [0.25, 0.3) is 0 Å². The molecule has 0 amide bonds. The molecule has 0 radical (unpaired) electrons. The second-order valence-electron chi connectivity index (χ2n) is 6.21. The Bertz CT molecular complexity index is 714. The normalized spacial score (nSPS) is 20.4. The molecule has 0 saturated carbocycles. The first kappa shape index (κ1) is 15.0. The number of anilines is 1. The number of benzene rings is 1. The van der Waals surface area contributed by atoms with Crippen LogP contribution in [0.25, 0.3) is 10.9 Å². The zero-order valence-corrected chi connectivity index (χ0v) is 13.8. The van der Waals surface area contributed by atoms with Gasteiger partial charge in [-0.1, -0.05) is 23.2 Å². The number of rotatable bonds is 1. The molecule has 3 rings (SSSR count). The van der Waals surface area contributed by atoms with Crippen molar-refractivity contribution < 1.29 is 9.31 Å². The predicted octanol–water partition coefficient (Wildman–Crippen LogP) is 2.75. The molecule has 8 heteroatoms. The molecule has 3 N–H and O–H groups in total. The van der Waals surface area contributed by atoms with Crippen LogP contribution < -0.4 is 11.2 Å². The fourth-order valence-corrected chi connectivity index (χ4v) is 2.82. The number of hydrogen-bond acceptors (Lipinski definition) is 4. The van der Waals surface area contributed by atoms with E-state index in [1.54, 1.807) is 6.07 Å². The fourth-order valence-electron chi connectivity index (χ4n) is 2.37. The molecule has 0 aliphatic carbocycles. The summed E-state index contributed by atoms with van der Waals surface area (Å²) in [6.45, 7) is 7.89. The molecule has 21 heavy (non-hydrogen) atoms. The second kappa shape index (κ2) is 4.52. The Morgan fingerprint density at radius 1 is 1.19 bits per heavy atom. The summed E-state index contributed by atoms with van der Waals surface area (Å²) in [6.07, 6.45) is 0. The van der Waals surface area contributed by atoms with E-state index >= 15 is 0 Å². The summed E-state index contributed by atoms with van der Waals surface area (Å²) >= 11 is 12.6. The van der Waals surface area contributed by atoms with Gasteiger partial charge in [0.15, 0.2) is 5.82 Å². The lowest BCUT2D eigenvalue weighted by atomic mass is 9.76. The first-order chi connectivity index (χ1) is 9.64. The fraction of sp³-hybridized carbons (Fsp3) is 0.462. The molecule has 1 aliphatic rings. The van der Waals surface area contributed by atoms with Gasteiger partial charge >= 0.3 is 7.12 Å². The molecule has 0 bridgehead atoms. The van der Waals surface area contributed by atoms with E-state index in [2.05, 4.69) is 10.2 Å². The topological polar surface area (TPSA) is 73.2 Å². The van der Waals surface area contributed by atoms with Crippen molar-refractivity contribution in [3.63, 3.8) is 0 Å². The van der Waals surface area contributed by atoms with E-state index in [9.17, 15) is 0 Å². The molecular formula is C13H16BCl2N3O2. The summed E-state index contributed by atoms with van der Waals surface area (Å²) in [7, 11) is -0.649. The molecule has 2 aromatic rings. The Hall–Kier alpha value is -0.945. The molecule has 1 aromatic carbocycles. The first-order valence-electron chi connectivity index (χ1n) is 6.61. The lowest BCUT2D eigenvalue weighted by Gasteiger charge is -2.32. The monoisotopic (exact) mass is 327 g/mol. The van der Waals surface area contributed by atoms with Gasteiger partial charge in [-0.2, -0.15) is 5.10 Å². The van der Waals surface area contributed by atoms with Gasteiger partial charge in [0.05, 0.1) is 26.8 Å². The molecule has 0 spiro atoms. The van der Waals surface area contributed by atoms with Crippen LogP contribution >= 0.6 is 23.2 Å². The van der Waals surface area contributed by atoms with Crippen molar-refractivity contribution in [1.29, 1.82) is 0 Å². The van der Waals surface area contributed by atoms with E-state index in [1.165, 1.54) is 0 Å². The smallest absolute Gasteiger partial charge is 0.399 e. The van der Waals surface area contributed by atoms with Crippen LogP contribution in [0.1, 0.15) is 27.7 Å². The molecule has 1 aromatic heterocycles. The van der Waals surface area contributed by atoms with Crippen molar-refractivity contribution in [3.8, 4) is 0 Å². The Balaban J connectivity index is 2.22. The number of H-pyrrole nitrogens is 1. The Morgan fingerprint density at radius 2 is 1.76 bits per heavy atom. The van der Waals surface area contributed by atoms with Crippen molar-refractivity contribution in [1.82, 2.24) is 10.2 Å². The number of aromatic nitrogens is 2. The number of halogens is 2. The van der Waals surface area contributed by atoms with Gasteiger partial charge in [-0.3, -0.25) is 5.10 Å². The maximum atomic E-state index is 6.38. The standard InChI is InChI=1S/C13H16BCl2N3O2/c1-12(2)13(3,4)21-14(20-12)9-8-7(18-19-11(8)17)5-6(15)10(9)16/h5H,1-4H3,(H3,17,18,19). The van der Waals surface area contributed by atoms with Gasteiger partial charge in [-0.05, 0) is 33.8 Å². The van der Waals surface area contributed by atoms with Crippen LogP contribution in [-0.4, -0.2) is 28.5 Å². The summed E-state index contributed by atoms with van der Waals surface area (Å²) in [6, 6.07) is 1.69. The van der Waals surface area contributed by atoms with Crippen molar-refractivity contribution >= 4 is 52.5 Å². The zero-order chi connectivity index (χ0) is 15.6. The molecule has 0 atom stereocenters. The Kier molecular flexibility index (Phi) is 3.22. The third kappa shape index (κ3) is 2.13. The molecule has 5 nitrogen and oxygen atoms in total. The Labute approximate surface area is 133 Å². The number of aromatic amines is 1. The minimum Gasteiger partial charge on any atom is -0.399 e. The highest BCUT2D eigenvalue weighted by Crippen LogP contribution is 2.39. The maximum absolute atomic E-state index is 6.38. The highest BCUT2D eigenvalue weighted by Gasteiger charge is 2.53. The van der Waals surface area contributed by atoms with Crippen molar-refractivity contribution in [2.45, 2.75) is 38.9 Å². The summed E-state index contributed by atoms with van der Waals surface area (Å²) in [5, 5.41) is 8.29. The highest BCUT2D eigenvalue weighted by atomic mass is 35.5. The SMILES string of the molecule is CC1(C)OB(c2c(Cl)c(Cl)cc3[nH]nc(N)c23)OC1(C)C. The third-order valence-electron chi connectivity index (χ3n) is 4.30. The van der Waals surface area contributed by atoms with E-state index in [-0.39, 0.29) is 0 Å². The van der Waals surface area contributed by atoms with Crippen molar-refractivity contribution in [2.24, 2.45) is 0 Å². The van der Waals surface area contributed by atoms with Crippen LogP contribution in [0.5, 0.6) is 0 Å². The number of nitrogens with zero attached hydrogens (tertiary/aromatic N) is 1. The van der Waals surface area contributed by atoms with E-state index in [0.717, 1.165) is 0 Å². The molecular weight excluding hydrogens is 312 g/mol. The third-order valence-corrected chi connectivity index (χ3v) is 5.10. The van der Waals surface area contributed by atoms with Crippen LogP contribution in [0.15, 0.2) is 6.07 Å². The summed E-state index contributed by atoms with van der Waals surface area (Å²) in [5.41, 5.74) is 6.30. The van der Waals surface area contributed by atoms with Gasteiger partial charge in [0.1, 0.15) is 0 Å². The minimum absolute atomic E-state index is 0.341. The Morgan fingerprint density at radius 3 is 2.33 bits per heavy atom. The molecule has 1 aliphatic heterocycles. The summed E-state index contributed by atoms with van der Waals surface area (Å²) in [4.78, 5) is 0. The molecule has 1 fully saturated rings. The molecule has 2 heterocycles. The van der Waals surface area contributed by atoms with Gasteiger partial charge < -0.3 is 15.0 Å². The summed E-state index contributed by atoms with van der Waals surface area (Å²) in [5.74, 6) is 0.341. The van der Waals surface area contributed by atoms with E-state index in [4.69, 9.17) is 38.2 Å². The molecule has 112 valence electrons. The number of hydrogen-bond donors (Lipinski definition) is 2.